The van der Waals surface area contributed by atoms with Crippen molar-refractivity contribution in [3.05, 3.63) is 0 Å². The van der Waals surface area contributed by atoms with E-state index >= 15 is 0 Å². The Morgan fingerprint density at radius 1 is 1.54 bits per heavy atom. The summed E-state index contributed by atoms with van der Waals surface area (Å²) in [6.45, 7) is 1.60. The number of aliphatic carboxylic acids is 1. The molecule has 0 saturated heterocycles. The van der Waals surface area contributed by atoms with Crippen LogP contribution in [0.5, 0.6) is 0 Å². The fourth-order valence-corrected chi connectivity index (χ4v) is 0.909. The minimum Gasteiger partial charge on any atom is -0.480 e. The van der Waals surface area contributed by atoms with Crippen LogP contribution in [0.15, 0.2) is 0 Å². The Hall–Kier alpha value is -0.780. The van der Waals surface area contributed by atoms with Gasteiger partial charge in [0.1, 0.15) is 6.04 Å². The molecule has 6 heteroatoms. The predicted octanol–water partition coefficient (Wildman–Crippen LogP) is 1.34. The molecule has 13 heavy (non-hydrogen) atoms. The van der Waals surface area contributed by atoms with Gasteiger partial charge in [0, 0.05) is 0 Å². The van der Waals surface area contributed by atoms with E-state index < -0.39 is 24.7 Å². The zero-order chi connectivity index (χ0) is 10.6. The van der Waals surface area contributed by atoms with Crippen LogP contribution in [-0.2, 0) is 4.79 Å². The van der Waals surface area contributed by atoms with Crippen LogP contribution in [0.3, 0.4) is 0 Å². The van der Waals surface area contributed by atoms with E-state index in [1.165, 1.54) is 13.8 Å². The second kappa shape index (κ2) is 4.45. The van der Waals surface area contributed by atoms with Gasteiger partial charge in [0.05, 0.1) is 6.54 Å². The fraction of sp³-hybridized carbons (Fsp3) is 0.857. The van der Waals surface area contributed by atoms with Crippen LogP contribution < -0.4 is 0 Å². The van der Waals surface area contributed by atoms with E-state index in [2.05, 4.69) is 0 Å². The maximum atomic E-state index is 11.9. The summed E-state index contributed by atoms with van der Waals surface area (Å²) in [6, 6.07) is -1.10. The number of nitrogens with zero attached hydrogens (tertiary/aromatic N) is 1. The third-order valence-corrected chi connectivity index (χ3v) is 1.69. The lowest BCUT2D eigenvalue weighted by Crippen LogP contribution is -2.44. The molecule has 0 radical (unpaired) electrons. The largest absolute Gasteiger partial charge is 0.480 e. The molecule has 0 fully saturated rings. The zero-order valence-corrected chi connectivity index (χ0v) is 7.43. The first-order valence-electron chi connectivity index (χ1n) is 3.81. The molecule has 0 saturated carbocycles. The number of hydrogen-bond acceptors (Lipinski definition) is 2. The van der Waals surface area contributed by atoms with Crippen LogP contribution in [0.1, 0.15) is 13.8 Å². The molecule has 0 aliphatic rings. The van der Waals surface area contributed by atoms with Crippen LogP contribution in [-0.4, -0.2) is 41.3 Å². The van der Waals surface area contributed by atoms with Crippen LogP contribution in [0.25, 0.3) is 0 Å². The Balaban J connectivity index is 4.26. The van der Waals surface area contributed by atoms with E-state index in [1.807, 2.05) is 0 Å². The van der Waals surface area contributed by atoms with Gasteiger partial charge in [-0.3, -0.25) is 9.69 Å². The maximum Gasteiger partial charge on any atom is 0.401 e. The molecule has 0 bridgehead atoms. The quantitative estimate of drug-likeness (QED) is 0.742. The molecule has 0 aromatic rings. The summed E-state index contributed by atoms with van der Waals surface area (Å²) in [5, 5.41) is 8.47. The Morgan fingerprint density at radius 3 is 2.23 bits per heavy atom. The summed E-state index contributed by atoms with van der Waals surface area (Å²) in [7, 11) is 0. The highest BCUT2D eigenvalue weighted by atomic mass is 19.4. The number of hydrogen-bond donors (Lipinski definition) is 1. The first-order chi connectivity index (χ1) is 5.78. The smallest absolute Gasteiger partial charge is 0.401 e. The minimum absolute atomic E-state index is 0.0625. The molecular formula is C7H12F3NO2. The molecule has 0 aromatic heterocycles. The SMILES string of the molecule is CCN(CC(F)(F)F)C(C)C(=O)O. The van der Waals surface area contributed by atoms with Gasteiger partial charge in [0.25, 0.3) is 0 Å². The Kier molecular flexibility index (Phi) is 4.19. The Labute approximate surface area is 74.1 Å². The summed E-state index contributed by atoms with van der Waals surface area (Å²) in [5.74, 6) is -1.24. The van der Waals surface area contributed by atoms with Crippen LogP contribution in [0.2, 0.25) is 0 Å². The fourth-order valence-electron chi connectivity index (χ4n) is 0.909. The number of carboxylic acids is 1. The molecule has 0 aromatic carbocycles. The summed E-state index contributed by atoms with van der Waals surface area (Å²) < 4.78 is 35.6. The summed E-state index contributed by atoms with van der Waals surface area (Å²) in [5.41, 5.74) is 0. The lowest BCUT2D eigenvalue weighted by Gasteiger charge is -2.25. The average molecular weight is 199 g/mol. The second-order valence-corrected chi connectivity index (χ2v) is 2.69. The first-order valence-corrected chi connectivity index (χ1v) is 3.81. The number of carboxylic acid groups (broad SMARTS) is 1. The predicted molar refractivity (Wildman–Crippen MR) is 40.4 cm³/mol. The second-order valence-electron chi connectivity index (χ2n) is 2.69. The number of likely N-dealkylation sites (N-methyl/N-ethyl adjacent to an activating group) is 1. The first kappa shape index (κ1) is 12.2. The van der Waals surface area contributed by atoms with Gasteiger partial charge in [-0.1, -0.05) is 6.92 Å². The van der Waals surface area contributed by atoms with Gasteiger partial charge >= 0.3 is 12.1 Å². The molecule has 0 spiro atoms. The van der Waals surface area contributed by atoms with E-state index in [1.54, 1.807) is 0 Å². The Morgan fingerprint density at radius 2 is 2.00 bits per heavy atom. The van der Waals surface area contributed by atoms with Crippen molar-refractivity contribution in [3.8, 4) is 0 Å². The number of halogens is 3. The normalized spacial score (nSPS) is 14.6. The van der Waals surface area contributed by atoms with Crippen molar-refractivity contribution in [2.24, 2.45) is 0 Å². The van der Waals surface area contributed by atoms with Crippen LogP contribution in [0.4, 0.5) is 13.2 Å². The van der Waals surface area contributed by atoms with Crippen molar-refractivity contribution in [1.82, 2.24) is 4.90 Å². The molecule has 1 atom stereocenters. The number of rotatable bonds is 4. The van der Waals surface area contributed by atoms with Crippen molar-refractivity contribution in [3.63, 3.8) is 0 Å². The van der Waals surface area contributed by atoms with Gasteiger partial charge in [-0.15, -0.1) is 0 Å². The third-order valence-electron chi connectivity index (χ3n) is 1.69. The number of carbonyl (C=O) groups is 1. The third kappa shape index (κ3) is 4.72. The zero-order valence-electron chi connectivity index (χ0n) is 7.43. The van der Waals surface area contributed by atoms with Crippen molar-refractivity contribution < 1.29 is 23.1 Å². The van der Waals surface area contributed by atoms with Gasteiger partial charge < -0.3 is 5.11 Å². The molecule has 0 heterocycles. The van der Waals surface area contributed by atoms with E-state index in [0.717, 1.165) is 4.90 Å². The van der Waals surface area contributed by atoms with Gasteiger partial charge in [-0.05, 0) is 13.5 Å². The van der Waals surface area contributed by atoms with Crippen molar-refractivity contribution in [1.29, 1.82) is 0 Å². The van der Waals surface area contributed by atoms with Gasteiger partial charge in [0.2, 0.25) is 0 Å². The molecule has 0 aliphatic heterocycles. The van der Waals surface area contributed by atoms with Crippen LogP contribution >= 0.6 is 0 Å². The summed E-state index contributed by atoms with van der Waals surface area (Å²) in [4.78, 5) is 11.2. The van der Waals surface area contributed by atoms with Gasteiger partial charge in [-0.25, -0.2) is 0 Å². The van der Waals surface area contributed by atoms with E-state index in [9.17, 15) is 18.0 Å². The molecule has 0 rings (SSSR count). The molecule has 0 aliphatic carbocycles. The van der Waals surface area contributed by atoms with E-state index in [-0.39, 0.29) is 6.54 Å². The minimum atomic E-state index is -4.35. The lowest BCUT2D eigenvalue weighted by atomic mass is 10.3. The summed E-state index contributed by atoms with van der Waals surface area (Å²) in [6.07, 6.45) is -4.35. The van der Waals surface area contributed by atoms with Crippen molar-refractivity contribution >= 4 is 5.97 Å². The number of alkyl halides is 3. The van der Waals surface area contributed by atoms with E-state index in [0.29, 0.717) is 0 Å². The molecule has 1 N–H and O–H groups in total. The highest BCUT2D eigenvalue weighted by molar-refractivity contribution is 5.72. The van der Waals surface area contributed by atoms with E-state index in [4.69, 9.17) is 5.11 Å². The highest BCUT2D eigenvalue weighted by Gasteiger charge is 2.33. The lowest BCUT2D eigenvalue weighted by molar-refractivity contribution is -0.160. The molecule has 1 unspecified atom stereocenters. The Bertz CT molecular complexity index is 181. The standard InChI is InChI=1S/C7H12F3NO2/c1-3-11(4-7(8,9)10)5(2)6(12)13/h5H,3-4H2,1-2H3,(H,12,13). The van der Waals surface area contributed by atoms with Crippen LogP contribution in [0, 0.1) is 0 Å². The molecule has 78 valence electrons. The van der Waals surface area contributed by atoms with Crippen molar-refractivity contribution in [2.45, 2.75) is 26.1 Å². The maximum absolute atomic E-state index is 11.9. The molecule has 0 amide bonds. The average Bonchev–Trinajstić information content (AvgIpc) is 1.97. The topological polar surface area (TPSA) is 40.5 Å². The van der Waals surface area contributed by atoms with Crippen molar-refractivity contribution in [2.75, 3.05) is 13.1 Å². The molecule has 3 nitrogen and oxygen atoms in total. The highest BCUT2D eigenvalue weighted by Crippen LogP contribution is 2.17. The molecular weight excluding hydrogens is 187 g/mol. The van der Waals surface area contributed by atoms with Gasteiger partial charge in [-0.2, -0.15) is 13.2 Å². The monoisotopic (exact) mass is 199 g/mol. The van der Waals surface area contributed by atoms with Gasteiger partial charge in [0.15, 0.2) is 0 Å². The summed E-state index contributed by atoms with van der Waals surface area (Å²) >= 11 is 0.